The first-order chi connectivity index (χ1) is 11.2. The summed E-state index contributed by atoms with van der Waals surface area (Å²) in [5.74, 6) is 2.56. The van der Waals surface area contributed by atoms with E-state index in [1.165, 1.54) is 0 Å². The number of ether oxygens (including phenoxy) is 1. The normalized spacial score (nSPS) is 16.3. The van der Waals surface area contributed by atoms with Gasteiger partial charge in [-0.2, -0.15) is 0 Å². The van der Waals surface area contributed by atoms with E-state index in [0.29, 0.717) is 35.7 Å². The summed E-state index contributed by atoms with van der Waals surface area (Å²) in [7, 11) is 0. The number of aliphatic imine (C=N–C) groups is 1. The van der Waals surface area contributed by atoms with Gasteiger partial charge in [-0.1, -0.05) is 30.3 Å². The molecule has 23 heavy (non-hydrogen) atoms. The Labute approximate surface area is 134 Å². The average Bonchev–Trinajstić information content (AvgIpc) is 2.57. The number of aliphatic hydroxyl groups is 1. The number of nitrogens with zero attached hydrogens (tertiary/aromatic N) is 1. The molecule has 4 nitrogen and oxygen atoms in total. The van der Waals surface area contributed by atoms with E-state index in [1.807, 2.05) is 43.2 Å². The largest absolute Gasteiger partial charge is 0.494 e. The summed E-state index contributed by atoms with van der Waals surface area (Å²) in [5.41, 5.74) is 3.03. The summed E-state index contributed by atoms with van der Waals surface area (Å²) >= 11 is 0. The number of rotatable bonds is 4. The minimum atomic E-state index is -1.03. The fraction of sp³-hybridized carbons (Fsp3) is 0.211. The summed E-state index contributed by atoms with van der Waals surface area (Å²) in [6.07, 6.45) is -0.552. The van der Waals surface area contributed by atoms with Gasteiger partial charge in [-0.15, -0.1) is 0 Å². The van der Waals surface area contributed by atoms with Crippen LogP contribution in [0.1, 0.15) is 18.1 Å². The third-order valence-corrected chi connectivity index (χ3v) is 3.76. The highest BCUT2D eigenvalue weighted by Crippen LogP contribution is 2.36. The number of hydrogen-bond acceptors (Lipinski definition) is 4. The van der Waals surface area contributed by atoms with Gasteiger partial charge in [0, 0.05) is 18.1 Å². The summed E-state index contributed by atoms with van der Waals surface area (Å²) < 4.78 is 5.48. The molecule has 1 N–H and O–H groups in total. The third-order valence-electron chi connectivity index (χ3n) is 3.76. The van der Waals surface area contributed by atoms with Crippen molar-refractivity contribution in [1.82, 2.24) is 0 Å². The Kier molecular flexibility index (Phi) is 4.38. The third kappa shape index (κ3) is 3.09. The molecular formula is C19H17NO3. The SMILES string of the molecule is CCOc1ccc2c(c1)N=C(Cc1ccccc1)C(O)C2=C=O. The van der Waals surface area contributed by atoms with E-state index in [0.717, 1.165) is 5.56 Å². The van der Waals surface area contributed by atoms with Gasteiger partial charge in [-0.05, 0) is 24.6 Å². The first-order valence-electron chi connectivity index (χ1n) is 7.54. The maximum atomic E-state index is 11.3. The predicted octanol–water partition coefficient (Wildman–Crippen LogP) is 2.99. The Bertz CT molecular complexity index is 790. The topological polar surface area (TPSA) is 58.9 Å². The molecule has 0 spiro atoms. The van der Waals surface area contributed by atoms with Crippen LogP contribution in [-0.4, -0.2) is 29.5 Å². The quantitative estimate of drug-likeness (QED) is 0.883. The van der Waals surface area contributed by atoms with Gasteiger partial charge in [-0.3, -0.25) is 4.99 Å². The first kappa shape index (κ1) is 15.2. The Morgan fingerprint density at radius 2 is 2.00 bits per heavy atom. The molecule has 1 unspecified atom stereocenters. The number of fused-ring (bicyclic) bond motifs is 1. The Morgan fingerprint density at radius 3 is 2.70 bits per heavy atom. The fourth-order valence-electron chi connectivity index (χ4n) is 2.67. The summed E-state index contributed by atoms with van der Waals surface area (Å²) in [5, 5.41) is 10.4. The zero-order valence-electron chi connectivity index (χ0n) is 12.8. The standard InChI is InChI=1S/C19H17NO3/c1-2-23-14-8-9-15-16(12-21)19(22)18(20-17(15)11-14)10-13-6-4-3-5-7-13/h3-9,11,19,22H,2,10H2,1H3. The molecule has 0 fully saturated rings. The lowest BCUT2D eigenvalue weighted by Crippen LogP contribution is -2.27. The number of hydrogen-bond donors (Lipinski definition) is 1. The molecule has 0 radical (unpaired) electrons. The lowest BCUT2D eigenvalue weighted by atomic mass is 9.91. The zero-order valence-corrected chi connectivity index (χ0v) is 12.8. The second-order valence-corrected chi connectivity index (χ2v) is 5.30. The molecule has 0 aliphatic carbocycles. The molecule has 0 saturated heterocycles. The minimum absolute atomic E-state index is 0.226. The van der Waals surface area contributed by atoms with Crippen LogP contribution in [-0.2, 0) is 11.2 Å². The van der Waals surface area contributed by atoms with E-state index in [1.54, 1.807) is 18.2 Å². The van der Waals surface area contributed by atoms with Crippen LogP contribution in [0, 0.1) is 0 Å². The van der Waals surface area contributed by atoms with Crippen molar-refractivity contribution < 1.29 is 14.6 Å². The summed E-state index contributed by atoms with van der Waals surface area (Å²) in [4.78, 5) is 15.9. The molecule has 1 aliphatic rings. The Balaban J connectivity index is 2.03. The van der Waals surface area contributed by atoms with Crippen LogP contribution in [0.25, 0.3) is 5.57 Å². The summed E-state index contributed by atoms with van der Waals surface area (Å²) in [6.45, 7) is 2.46. The van der Waals surface area contributed by atoms with Crippen LogP contribution in [0.4, 0.5) is 5.69 Å². The van der Waals surface area contributed by atoms with E-state index < -0.39 is 6.10 Å². The second kappa shape index (κ2) is 6.61. The monoisotopic (exact) mass is 307 g/mol. The molecule has 2 aromatic rings. The van der Waals surface area contributed by atoms with Crippen molar-refractivity contribution in [2.75, 3.05) is 6.61 Å². The van der Waals surface area contributed by atoms with Gasteiger partial charge in [0.05, 0.1) is 23.6 Å². The minimum Gasteiger partial charge on any atom is -0.494 e. The van der Waals surface area contributed by atoms with Crippen LogP contribution < -0.4 is 4.74 Å². The van der Waals surface area contributed by atoms with Gasteiger partial charge in [0.25, 0.3) is 0 Å². The van der Waals surface area contributed by atoms with Crippen molar-refractivity contribution in [2.45, 2.75) is 19.4 Å². The van der Waals surface area contributed by atoms with Crippen molar-refractivity contribution >= 4 is 22.9 Å². The highest BCUT2D eigenvalue weighted by Gasteiger charge is 2.27. The molecule has 1 heterocycles. The second-order valence-electron chi connectivity index (χ2n) is 5.30. The van der Waals surface area contributed by atoms with Crippen LogP contribution in [0.3, 0.4) is 0 Å². The highest BCUT2D eigenvalue weighted by atomic mass is 16.5. The predicted molar refractivity (Wildman–Crippen MR) is 90.0 cm³/mol. The van der Waals surface area contributed by atoms with E-state index in [4.69, 9.17) is 4.74 Å². The van der Waals surface area contributed by atoms with Gasteiger partial charge >= 0.3 is 0 Å². The maximum Gasteiger partial charge on any atom is 0.131 e. The van der Waals surface area contributed by atoms with Gasteiger partial charge in [0.2, 0.25) is 0 Å². The highest BCUT2D eigenvalue weighted by molar-refractivity contribution is 6.11. The Morgan fingerprint density at radius 1 is 1.22 bits per heavy atom. The summed E-state index contributed by atoms with van der Waals surface area (Å²) in [6, 6.07) is 15.0. The zero-order chi connectivity index (χ0) is 16.2. The molecular weight excluding hydrogens is 290 g/mol. The lowest BCUT2D eigenvalue weighted by Gasteiger charge is -2.22. The lowest BCUT2D eigenvalue weighted by molar-refractivity contribution is 0.295. The van der Waals surface area contributed by atoms with Gasteiger partial charge < -0.3 is 9.84 Å². The van der Waals surface area contributed by atoms with E-state index in [9.17, 15) is 9.90 Å². The van der Waals surface area contributed by atoms with Crippen LogP contribution in [0.15, 0.2) is 53.5 Å². The molecule has 0 aromatic heterocycles. The molecule has 4 heteroatoms. The average molecular weight is 307 g/mol. The van der Waals surface area contributed by atoms with Gasteiger partial charge in [0.15, 0.2) is 0 Å². The molecule has 0 bridgehead atoms. The molecule has 0 amide bonds. The number of aliphatic hydroxyl groups excluding tert-OH is 1. The number of carbonyl (C=O) groups excluding carboxylic acids is 1. The molecule has 116 valence electrons. The van der Waals surface area contributed by atoms with Crippen molar-refractivity contribution in [2.24, 2.45) is 4.99 Å². The molecule has 0 saturated carbocycles. The van der Waals surface area contributed by atoms with E-state index in [-0.39, 0.29) is 5.57 Å². The van der Waals surface area contributed by atoms with Gasteiger partial charge in [-0.25, -0.2) is 4.79 Å². The number of benzene rings is 2. The van der Waals surface area contributed by atoms with Crippen molar-refractivity contribution in [3.8, 4) is 5.75 Å². The maximum absolute atomic E-state index is 11.3. The van der Waals surface area contributed by atoms with Crippen LogP contribution in [0.5, 0.6) is 5.75 Å². The van der Waals surface area contributed by atoms with Crippen LogP contribution in [0.2, 0.25) is 0 Å². The fourth-order valence-corrected chi connectivity index (χ4v) is 2.67. The van der Waals surface area contributed by atoms with E-state index in [2.05, 4.69) is 4.99 Å². The molecule has 2 aromatic carbocycles. The van der Waals surface area contributed by atoms with Gasteiger partial charge in [0.1, 0.15) is 17.8 Å². The van der Waals surface area contributed by atoms with E-state index >= 15 is 0 Å². The van der Waals surface area contributed by atoms with Crippen molar-refractivity contribution in [3.63, 3.8) is 0 Å². The Hall–Kier alpha value is -2.68. The van der Waals surface area contributed by atoms with Crippen molar-refractivity contribution in [1.29, 1.82) is 0 Å². The molecule has 1 atom stereocenters. The smallest absolute Gasteiger partial charge is 0.131 e. The van der Waals surface area contributed by atoms with Crippen LogP contribution >= 0.6 is 0 Å². The van der Waals surface area contributed by atoms with Crippen molar-refractivity contribution in [3.05, 3.63) is 59.7 Å². The first-order valence-corrected chi connectivity index (χ1v) is 7.54. The molecule has 3 rings (SSSR count). The molecule has 1 aliphatic heterocycles.